The quantitative estimate of drug-likeness (QED) is 0.455. The van der Waals surface area contributed by atoms with Gasteiger partial charge in [-0.15, -0.1) is 0 Å². The normalized spacial score (nSPS) is 11.5. The lowest BCUT2D eigenvalue weighted by Gasteiger charge is -2.20. The standard InChI is InChI=1S/C26H29N3O5/c1-5-34-23(31)15-21(19-11-8-10-18(14-19)20-12-7-6-9-16(20)2)27-26(33)28-24-22(30)13-17(3)29(4)25(24)32/h6-14,21,30H,5,15H2,1-4H3,(H2,27,28,33)/t21-/m0/s1. The fourth-order valence-corrected chi connectivity index (χ4v) is 3.69. The Balaban J connectivity index is 1.90. The Morgan fingerprint density at radius 3 is 2.53 bits per heavy atom. The molecule has 0 bridgehead atoms. The number of esters is 1. The minimum Gasteiger partial charge on any atom is -0.505 e. The number of carbonyl (C=O) groups is 2. The molecule has 0 unspecified atom stereocenters. The molecular weight excluding hydrogens is 434 g/mol. The molecule has 2 aromatic carbocycles. The van der Waals surface area contributed by atoms with Crippen molar-refractivity contribution < 1.29 is 19.4 Å². The number of anilines is 1. The van der Waals surface area contributed by atoms with Crippen LogP contribution in [-0.2, 0) is 16.6 Å². The molecule has 0 aliphatic rings. The van der Waals surface area contributed by atoms with E-state index in [9.17, 15) is 19.5 Å². The van der Waals surface area contributed by atoms with E-state index in [0.29, 0.717) is 11.3 Å². The maximum Gasteiger partial charge on any atom is 0.319 e. The summed E-state index contributed by atoms with van der Waals surface area (Å²) in [4.78, 5) is 37.6. The fourth-order valence-electron chi connectivity index (χ4n) is 3.69. The van der Waals surface area contributed by atoms with Gasteiger partial charge in [0.2, 0.25) is 0 Å². The Bertz CT molecular complexity index is 1270. The van der Waals surface area contributed by atoms with Crippen LogP contribution in [0, 0.1) is 13.8 Å². The van der Waals surface area contributed by atoms with Crippen molar-refractivity contribution in [2.75, 3.05) is 11.9 Å². The molecule has 1 heterocycles. The first-order valence-electron chi connectivity index (χ1n) is 11.0. The largest absolute Gasteiger partial charge is 0.505 e. The van der Waals surface area contributed by atoms with Crippen LogP contribution >= 0.6 is 0 Å². The topological polar surface area (TPSA) is 110 Å². The van der Waals surface area contributed by atoms with Gasteiger partial charge in [0, 0.05) is 18.8 Å². The molecule has 178 valence electrons. The molecule has 2 amide bonds. The zero-order valence-electron chi connectivity index (χ0n) is 19.7. The number of aromatic hydroxyl groups is 1. The Morgan fingerprint density at radius 2 is 1.82 bits per heavy atom. The molecular formula is C26H29N3O5. The third-order valence-corrected chi connectivity index (χ3v) is 5.61. The Kier molecular flexibility index (Phi) is 7.73. The van der Waals surface area contributed by atoms with E-state index in [0.717, 1.165) is 16.7 Å². The minimum atomic E-state index is -0.730. The van der Waals surface area contributed by atoms with Crippen LogP contribution in [0.5, 0.6) is 5.75 Å². The van der Waals surface area contributed by atoms with Gasteiger partial charge in [0.25, 0.3) is 5.56 Å². The van der Waals surface area contributed by atoms with Crippen LogP contribution in [0.15, 0.2) is 59.4 Å². The summed E-state index contributed by atoms with van der Waals surface area (Å²) in [5.74, 6) is -0.803. The molecule has 34 heavy (non-hydrogen) atoms. The lowest BCUT2D eigenvalue weighted by atomic mass is 9.95. The average molecular weight is 464 g/mol. The highest BCUT2D eigenvalue weighted by Crippen LogP contribution is 2.28. The first kappa shape index (κ1) is 24.6. The van der Waals surface area contributed by atoms with Crippen LogP contribution in [0.1, 0.15) is 36.2 Å². The average Bonchev–Trinajstić information content (AvgIpc) is 2.80. The minimum absolute atomic E-state index is 0.101. The second kappa shape index (κ2) is 10.7. The summed E-state index contributed by atoms with van der Waals surface area (Å²) in [6, 6.07) is 15.4. The molecule has 0 aliphatic heterocycles. The van der Waals surface area contributed by atoms with Crippen molar-refractivity contribution >= 4 is 17.7 Å². The summed E-state index contributed by atoms with van der Waals surface area (Å²) in [5, 5.41) is 15.3. The number of ether oxygens (including phenoxy) is 1. The predicted octanol–water partition coefficient (Wildman–Crippen LogP) is 4.19. The van der Waals surface area contributed by atoms with E-state index in [1.165, 1.54) is 10.6 Å². The van der Waals surface area contributed by atoms with Crippen LogP contribution in [-0.4, -0.2) is 28.3 Å². The molecule has 1 aromatic heterocycles. The van der Waals surface area contributed by atoms with E-state index in [2.05, 4.69) is 10.6 Å². The smallest absolute Gasteiger partial charge is 0.319 e. The van der Waals surface area contributed by atoms with Gasteiger partial charge in [0.05, 0.1) is 19.1 Å². The van der Waals surface area contributed by atoms with Crippen LogP contribution in [0.2, 0.25) is 0 Å². The van der Waals surface area contributed by atoms with E-state index < -0.39 is 23.6 Å². The van der Waals surface area contributed by atoms with Crippen molar-refractivity contribution in [2.24, 2.45) is 7.05 Å². The van der Waals surface area contributed by atoms with Crippen molar-refractivity contribution in [2.45, 2.75) is 33.2 Å². The number of nitrogens with zero attached hydrogens (tertiary/aromatic N) is 1. The molecule has 3 N–H and O–H groups in total. The molecule has 0 fully saturated rings. The molecule has 0 radical (unpaired) electrons. The molecule has 8 heteroatoms. The van der Waals surface area contributed by atoms with Crippen molar-refractivity contribution in [3.05, 3.63) is 81.8 Å². The molecule has 8 nitrogen and oxygen atoms in total. The Morgan fingerprint density at radius 1 is 1.09 bits per heavy atom. The van der Waals surface area contributed by atoms with Gasteiger partial charge >= 0.3 is 12.0 Å². The van der Waals surface area contributed by atoms with Gasteiger partial charge in [-0.05, 0) is 49.1 Å². The van der Waals surface area contributed by atoms with Crippen molar-refractivity contribution in [1.29, 1.82) is 0 Å². The Labute approximate surface area is 198 Å². The highest BCUT2D eigenvalue weighted by Gasteiger charge is 2.22. The number of amides is 2. The SMILES string of the molecule is CCOC(=O)C[C@H](NC(=O)Nc1c(O)cc(C)n(C)c1=O)c1cccc(-c2ccccc2C)c1. The summed E-state index contributed by atoms with van der Waals surface area (Å²) >= 11 is 0. The summed E-state index contributed by atoms with van der Waals surface area (Å²) < 4.78 is 6.41. The number of hydrogen-bond acceptors (Lipinski definition) is 5. The maximum absolute atomic E-state index is 12.8. The van der Waals surface area contributed by atoms with E-state index >= 15 is 0 Å². The summed E-state index contributed by atoms with van der Waals surface area (Å²) in [6.07, 6.45) is -0.101. The van der Waals surface area contributed by atoms with Gasteiger partial charge in [-0.25, -0.2) is 4.79 Å². The Hall–Kier alpha value is -4.07. The second-order valence-electron chi connectivity index (χ2n) is 8.01. The number of aromatic nitrogens is 1. The van der Waals surface area contributed by atoms with Crippen LogP contribution in [0.4, 0.5) is 10.5 Å². The number of benzene rings is 2. The van der Waals surface area contributed by atoms with Crippen molar-refractivity contribution in [3.8, 4) is 16.9 Å². The summed E-state index contributed by atoms with van der Waals surface area (Å²) in [5.41, 5.74) is 3.53. The number of pyridine rings is 1. The van der Waals surface area contributed by atoms with Gasteiger partial charge in [-0.1, -0.05) is 42.5 Å². The number of urea groups is 1. The molecule has 0 spiro atoms. The number of rotatable bonds is 7. The van der Waals surface area contributed by atoms with Gasteiger partial charge in [0.15, 0.2) is 5.69 Å². The number of nitrogens with one attached hydrogen (secondary N) is 2. The van der Waals surface area contributed by atoms with E-state index in [-0.39, 0.29) is 24.5 Å². The molecule has 3 aromatic rings. The molecule has 3 rings (SSSR count). The predicted molar refractivity (Wildman–Crippen MR) is 131 cm³/mol. The number of aryl methyl sites for hydroxylation is 2. The number of carbonyl (C=O) groups excluding carboxylic acids is 2. The lowest BCUT2D eigenvalue weighted by Crippen LogP contribution is -2.36. The van der Waals surface area contributed by atoms with Gasteiger partial charge in [-0.2, -0.15) is 0 Å². The first-order valence-corrected chi connectivity index (χ1v) is 11.0. The first-order chi connectivity index (χ1) is 16.2. The van der Waals surface area contributed by atoms with E-state index in [1.54, 1.807) is 20.9 Å². The number of hydrogen-bond donors (Lipinski definition) is 3. The molecule has 1 atom stereocenters. The molecule has 0 saturated carbocycles. The van der Waals surface area contributed by atoms with E-state index in [4.69, 9.17) is 4.74 Å². The van der Waals surface area contributed by atoms with Gasteiger partial charge in [0.1, 0.15) is 5.75 Å². The third kappa shape index (κ3) is 5.64. The maximum atomic E-state index is 12.8. The third-order valence-electron chi connectivity index (χ3n) is 5.61. The monoisotopic (exact) mass is 463 g/mol. The second-order valence-corrected chi connectivity index (χ2v) is 8.01. The highest BCUT2D eigenvalue weighted by atomic mass is 16.5. The van der Waals surface area contributed by atoms with Crippen LogP contribution in [0.25, 0.3) is 11.1 Å². The summed E-state index contributed by atoms with van der Waals surface area (Å²) in [6.45, 7) is 5.61. The fraction of sp³-hybridized carbons (Fsp3) is 0.269. The van der Waals surface area contributed by atoms with Gasteiger partial charge < -0.3 is 25.0 Å². The highest BCUT2D eigenvalue weighted by molar-refractivity contribution is 5.91. The zero-order chi connectivity index (χ0) is 24.8. The zero-order valence-corrected chi connectivity index (χ0v) is 19.7. The lowest BCUT2D eigenvalue weighted by molar-refractivity contribution is -0.143. The summed E-state index contributed by atoms with van der Waals surface area (Å²) in [7, 11) is 1.54. The van der Waals surface area contributed by atoms with E-state index in [1.807, 2.05) is 55.5 Å². The molecule has 0 saturated heterocycles. The molecule has 0 aliphatic carbocycles. The van der Waals surface area contributed by atoms with Gasteiger partial charge in [-0.3, -0.25) is 9.59 Å². The van der Waals surface area contributed by atoms with Crippen LogP contribution < -0.4 is 16.2 Å². The van der Waals surface area contributed by atoms with Crippen LogP contribution in [0.3, 0.4) is 0 Å². The van der Waals surface area contributed by atoms with Crippen molar-refractivity contribution in [1.82, 2.24) is 9.88 Å². The van der Waals surface area contributed by atoms with Crippen molar-refractivity contribution in [3.63, 3.8) is 0 Å².